The third-order valence-electron chi connectivity index (χ3n) is 6.93. The number of rotatable bonds is 7. The first-order valence-corrected chi connectivity index (χ1v) is 10.9. The van der Waals surface area contributed by atoms with Crippen molar-refractivity contribution in [3.05, 3.63) is 35.3 Å². The zero-order valence-electron chi connectivity index (χ0n) is 16.8. The van der Waals surface area contributed by atoms with Gasteiger partial charge in [0.2, 0.25) is 5.91 Å². The van der Waals surface area contributed by atoms with Crippen molar-refractivity contribution in [1.29, 1.82) is 0 Å². The largest absolute Gasteiger partial charge is 0.465 e. The van der Waals surface area contributed by atoms with Crippen LogP contribution in [0.2, 0.25) is 0 Å². The van der Waals surface area contributed by atoms with Crippen LogP contribution < -0.4 is 5.32 Å². The maximum Gasteiger partial charge on any atom is 0.223 e. The summed E-state index contributed by atoms with van der Waals surface area (Å²) < 4.78 is 5.85. The smallest absolute Gasteiger partial charge is 0.223 e. The molecule has 1 saturated heterocycles. The number of hydrogen-bond acceptors (Lipinski definition) is 3. The summed E-state index contributed by atoms with van der Waals surface area (Å²) in [6, 6.07) is 4.20. The van der Waals surface area contributed by atoms with E-state index in [1.807, 2.05) is 0 Å². The summed E-state index contributed by atoms with van der Waals surface area (Å²) in [5.74, 6) is 2.71. The van der Waals surface area contributed by atoms with Crippen LogP contribution in [0.3, 0.4) is 0 Å². The van der Waals surface area contributed by atoms with Gasteiger partial charge >= 0.3 is 0 Å². The lowest BCUT2D eigenvalue weighted by atomic mass is 9.90. The molecule has 1 spiro atoms. The van der Waals surface area contributed by atoms with Gasteiger partial charge in [-0.3, -0.25) is 9.69 Å². The van der Waals surface area contributed by atoms with E-state index in [0.29, 0.717) is 11.3 Å². The third-order valence-corrected chi connectivity index (χ3v) is 6.93. The molecule has 1 saturated carbocycles. The summed E-state index contributed by atoms with van der Waals surface area (Å²) in [4.78, 5) is 15.0. The van der Waals surface area contributed by atoms with Crippen LogP contribution in [0.1, 0.15) is 69.8 Å². The van der Waals surface area contributed by atoms with Crippen molar-refractivity contribution in [3.63, 3.8) is 0 Å². The fourth-order valence-corrected chi connectivity index (χ4v) is 4.95. The monoisotopic (exact) mass is 370 g/mol. The average Bonchev–Trinajstić information content (AvgIpc) is 3.21. The molecular formula is C23H34N2O2. The molecule has 1 amide bonds. The maximum atomic E-state index is 12.6. The molecule has 3 aliphatic rings. The van der Waals surface area contributed by atoms with E-state index in [1.165, 1.54) is 25.7 Å². The minimum Gasteiger partial charge on any atom is -0.465 e. The minimum atomic E-state index is 0.260. The molecule has 4 nitrogen and oxygen atoms in total. The Morgan fingerprint density at radius 3 is 2.78 bits per heavy atom. The number of amides is 1. The van der Waals surface area contributed by atoms with Crippen molar-refractivity contribution in [2.45, 2.75) is 71.3 Å². The van der Waals surface area contributed by atoms with Gasteiger partial charge in [0.05, 0.1) is 6.54 Å². The van der Waals surface area contributed by atoms with E-state index < -0.39 is 0 Å². The second-order valence-electron chi connectivity index (χ2n) is 8.77. The molecule has 1 N–H and O–H groups in total. The zero-order valence-corrected chi connectivity index (χ0v) is 16.8. The van der Waals surface area contributed by atoms with Crippen LogP contribution in [0, 0.1) is 11.3 Å². The van der Waals surface area contributed by atoms with Crippen LogP contribution in [-0.4, -0.2) is 30.4 Å². The highest BCUT2D eigenvalue weighted by Gasteiger charge is 2.58. The van der Waals surface area contributed by atoms with Gasteiger partial charge in [0.25, 0.3) is 0 Å². The van der Waals surface area contributed by atoms with Gasteiger partial charge in [0.15, 0.2) is 0 Å². The van der Waals surface area contributed by atoms with Gasteiger partial charge in [-0.25, -0.2) is 0 Å². The standard InChI is InChI=1S/C23H34N2O2/c1-2-19-8-9-20(27-19)17-25-14-11-23(12-15-25)16-21(23)22(26)24-13-10-18-6-4-3-5-7-18/h6,8-9,21H,2-5,7,10-17H2,1H3,(H,24,26). The number of aryl methyl sites for hydroxylation is 1. The van der Waals surface area contributed by atoms with E-state index in [-0.39, 0.29) is 5.92 Å². The average molecular weight is 371 g/mol. The summed E-state index contributed by atoms with van der Waals surface area (Å²) >= 11 is 0. The Kier molecular flexibility index (Phi) is 5.72. The van der Waals surface area contributed by atoms with E-state index in [9.17, 15) is 4.79 Å². The highest BCUT2D eigenvalue weighted by Crippen LogP contribution is 2.59. The normalized spacial score (nSPS) is 24.6. The number of allylic oxidation sites excluding steroid dienone is 1. The van der Waals surface area contributed by atoms with Crippen molar-refractivity contribution in [1.82, 2.24) is 10.2 Å². The Morgan fingerprint density at radius 1 is 1.26 bits per heavy atom. The van der Waals surface area contributed by atoms with Crippen molar-refractivity contribution in [2.75, 3.05) is 19.6 Å². The van der Waals surface area contributed by atoms with Crippen molar-refractivity contribution in [3.8, 4) is 0 Å². The molecule has 1 aromatic heterocycles. The highest BCUT2D eigenvalue weighted by atomic mass is 16.3. The van der Waals surface area contributed by atoms with Crippen molar-refractivity contribution >= 4 is 5.91 Å². The molecule has 2 heterocycles. The Hall–Kier alpha value is -1.55. The van der Waals surface area contributed by atoms with E-state index in [1.54, 1.807) is 5.57 Å². The van der Waals surface area contributed by atoms with Crippen LogP contribution in [0.25, 0.3) is 0 Å². The summed E-state index contributed by atoms with van der Waals surface area (Å²) in [5.41, 5.74) is 1.84. The molecule has 0 aromatic carbocycles. The van der Waals surface area contributed by atoms with Gasteiger partial charge in [0.1, 0.15) is 11.5 Å². The first kappa shape index (κ1) is 18.8. The summed E-state index contributed by atoms with van der Waals surface area (Å²) in [7, 11) is 0. The van der Waals surface area contributed by atoms with Crippen LogP contribution in [0.15, 0.2) is 28.2 Å². The molecule has 4 heteroatoms. The number of hydrogen-bond donors (Lipinski definition) is 1. The van der Waals surface area contributed by atoms with Gasteiger partial charge in [-0.15, -0.1) is 0 Å². The topological polar surface area (TPSA) is 45.5 Å². The number of likely N-dealkylation sites (tertiary alicyclic amines) is 1. The number of piperidine rings is 1. The summed E-state index contributed by atoms with van der Waals surface area (Å²) in [6.45, 7) is 6.01. The Balaban J connectivity index is 1.18. The lowest BCUT2D eigenvalue weighted by Gasteiger charge is -2.32. The second kappa shape index (κ2) is 8.22. The van der Waals surface area contributed by atoms with Gasteiger partial charge in [-0.2, -0.15) is 0 Å². The van der Waals surface area contributed by atoms with Crippen LogP contribution in [0.5, 0.6) is 0 Å². The van der Waals surface area contributed by atoms with E-state index in [0.717, 1.165) is 69.8 Å². The minimum absolute atomic E-state index is 0.260. The lowest BCUT2D eigenvalue weighted by Crippen LogP contribution is -2.36. The molecule has 0 radical (unpaired) electrons. The Morgan fingerprint density at radius 2 is 2.07 bits per heavy atom. The molecule has 27 heavy (non-hydrogen) atoms. The van der Waals surface area contributed by atoms with Gasteiger partial charge in [-0.05, 0) is 82.0 Å². The van der Waals surface area contributed by atoms with E-state index >= 15 is 0 Å². The molecule has 0 bridgehead atoms. The summed E-state index contributed by atoms with van der Waals surface area (Å²) in [6.07, 6.45) is 12.9. The molecule has 148 valence electrons. The lowest BCUT2D eigenvalue weighted by molar-refractivity contribution is -0.123. The molecule has 2 aliphatic carbocycles. The van der Waals surface area contributed by atoms with Crippen molar-refractivity contribution < 1.29 is 9.21 Å². The number of furan rings is 1. The first-order valence-electron chi connectivity index (χ1n) is 10.9. The fraction of sp³-hybridized carbons (Fsp3) is 0.696. The molecular weight excluding hydrogens is 336 g/mol. The van der Waals surface area contributed by atoms with Crippen LogP contribution in [0.4, 0.5) is 0 Å². The van der Waals surface area contributed by atoms with Gasteiger partial charge in [-0.1, -0.05) is 18.6 Å². The maximum absolute atomic E-state index is 12.6. The van der Waals surface area contributed by atoms with Crippen LogP contribution >= 0.6 is 0 Å². The van der Waals surface area contributed by atoms with Crippen LogP contribution in [-0.2, 0) is 17.8 Å². The zero-order chi connectivity index (χ0) is 18.7. The first-order chi connectivity index (χ1) is 13.2. The summed E-state index contributed by atoms with van der Waals surface area (Å²) in [5, 5.41) is 3.22. The van der Waals surface area contributed by atoms with E-state index in [4.69, 9.17) is 4.42 Å². The molecule has 1 unspecified atom stereocenters. The molecule has 1 aliphatic heterocycles. The number of carbonyl (C=O) groups excluding carboxylic acids is 1. The SMILES string of the molecule is CCc1ccc(CN2CCC3(CC2)CC3C(=O)NCCC2=CCCCC2)o1. The molecule has 1 atom stereocenters. The quantitative estimate of drug-likeness (QED) is 0.721. The highest BCUT2D eigenvalue weighted by molar-refractivity contribution is 5.82. The molecule has 4 rings (SSSR count). The number of nitrogens with zero attached hydrogens (tertiary/aromatic N) is 1. The fourth-order valence-electron chi connectivity index (χ4n) is 4.95. The van der Waals surface area contributed by atoms with Gasteiger partial charge in [0, 0.05) is 18.9 Å². The van der Waals surface area contributed by atoms with Crippen molar-refractivity contribution in [2.24, 2.45) is 11.3 Å². The Bertz CT molecular complexity index is 682. The third kappa shape index (κ3) is 4.48. The predicted octanol–water partition coefficient (Wildman–Crippen LogP) is 4.45. The molecule has 1 aromatic rings. The molecule has 2 fully saturated rings. The second-order valence-corrected chi connectivity index (χ2v) is 8.77. The number of carbonyl (C=O) groups is 1. The number of nitrogens with one attached hydrogen (secondary N) is 1. The van der Waals surface area contributed by atoms with Gasteiger partial charge < -0.3 is 9.73 Å². The van der Waals surface area contributed by atoms with E-state index in [2.05, 4.69) is 35.3 Å². The Labute approximate surface area is 163 Å². The predicted molar refractivity (Wildman–Crippen MR) is 107 cm³/mol.